The monoisotopic (exact) mass is 306 g/mol. The Balaban J connectivity index is 1.43. The van der Waals surface area contributed by atoms with E-state index in [2.05, 4.69) is 12.1 Å². The third kappa shape index (κ3) is 3.69. The lowest BCUT2D eigenvalue weighted by Crippen LogP contribution is -2.22. The van der Waals surface area contributed by atoms with Gasteiger partial charge in [0.25, 0.3) is 0 Å². The maximum absolute atomic E-state index is 10.2. The van der Waals surface area contributed by atoms with Crippen LogP contribution in [-0.4, -0.2) is 39.9 Å². The summed E-state index contributed by atoms with van der Waals surface area (Å²) >= 11 is 0. The molecule has 3 N–H and O–H groups in total. The van der Waals surface area contributed by atoms with Gasteiger partial charge >= 0.3 is 0 Å². The molecule has 2 fully saturated rings. The van der Waals surface area contributed by atoms with E-state index in [1.54, 1.807) is 0 Å². The number of benzene rings is 1. The van der Waals surface area contributed by atoms with E-state index < -0.39 is 6.29 Å². The molecule has 1 saturated carbocycles. The van der Waals surface area contributed by atoms with Gasteiger partial charge < -0.3 is 20.1 Å². The number of fused-ring (bicyclic) bond motifs is 1. The van der Waals surface area contributed by atoms with Crippen LogP contribution in [0, 0.1) is 11.8 Å². The van der Waals surface area contributed by atoms with Crippen LogP contribution < -0.4 is 0 Å². The van der Waals surface area contributed by atoms with Gasteiger partial charge in [-0.1, -0.05) is 30.3 Å². The van der Waals surface area contributed by atoms with Crippen LogP contribution >= 0.6 is 0 Å². The SMILES string of the molecule is OC1CC2C(CC(O)C2CC[C@H](O)CCc2ccccc2)O1. The van der Waals surface area contributed by atoms with Crippen molar-refractivity contribution in [1.82, 2.24) is 0 Å². The Morgan fingerprint density at radius 1 is 1.09 bits per heavy atom. The second-order valence-electron chi connectivity index (χ2n) is 6.75. The number of rotatable bonds is 6. The Hall–Kier alpha value is -0.940. The lowest BCUT2D eigenvalue weighted by atomic mass is 9.86. The van der Waals surface area contributed by atoms with Gasteiger partial charge in [-0.05, 0) is 43.1 Å². The van der Waals surface area contributed by atoms with E-state index in [4.69, 9.17) is 4.74 Å². The molecule has 0 bridgehead atoms. The van der Waals surface area contributed by atoms with Crippen molar-refractivity contribution >= 4 is 0 Å². The fraction of sp³-hybridized carbons (Fsp3) is 0.667. The molecule has 1 aliphatic heterocycles. The Morgan fingerprint density at radius 3 is 2.64 bits per heavy atom. The summed E-state index contributed by atoms with van der Waals surface area (Å²) in [5, 5.41) is 29.9. The molecule has 1 heterocycles. The van der Waals surface area contributed by atoms with Crippen molar-refractivity contribution < 1.29 is 20.1 Å². The van der Waals surface area contributed by atoms with Gasteiger partial charge in [-0.15, -0.1) is 0 Å². The molecular weight excluding hydrogens is 280 g/mol. The van der Waals surface area contributed by atoms with Crippen LogP contribution in [0.15, 0.2) is 30.3 Å². The van der Waals surface area contributed by atoms with Crippen molar-refractivity contribution in [1.29, 1.82) is 0 Å². The summed E-state index contributed by atoms with van der Waals surface area (Å²) in [7, 11) is 0. The van der Waals surface area contributed by atoms with E-state index >= 15 is 0 Å². The molecule has 0 spiro atoms. The van der Waals surface area contributed by atoms with Crippen LogP contribution in [0.2, 0.25) is 0 Å². The van der Waals surface area contributed by atoms with Gasteiger partial charge in [-0.3, -0.25) is 0 Å². The number of aliphatic hydroxyl groups is 3. The summed E-state index contributed by atoms with van der Waals surface area (Å²) in [5.41, 5.74) is 1.25. The number of ether oxygens (including phenoxy) is 1. The molecule has 2 aliphatic rings. The number of aliphatic hydroxyl groups excluding tert-OH is 3. The van der Waals surface area contributed by atoms with E-state index in [-0.39, 0.29) is 30.1 Å². The zero-order chi connectivity index (χ0) is 15.5. The highest BCUT2D eigenvalue weighted by Gasteiger charge is 2.48. The van der Waals surface area contributed by atoms with Gasteiger partial charge in [0, 0.05) is 12.8 Å². The molecule has 122 valence electrons. The smallest absolute Gasteiger partial charge is 0.155 e. The third-order valence-corrected chi connectivity index (χ3v) is 5.24. The standard InChI is InChI=1S/C18H26O4/c19-13(7-6-12-4-2-1-3-5-12)8-9-14-15-10-18(21)22-17(15)11-16(14)20/h1-5,13-21H,6-11H2/t13-,14?,15?,16?,17?,18?/m1/s1. The quantitative estimate of drug-likeness (QED) is 0.750. The van der Waals surface area contributed by atoms with Crippen LogP contribution in [0.5, 0.6) is 0 Å². The average Bonchev–Trinajstić information content (AvgIpc) is 2.99. The van der Waals surface area contributed by atoms with Crippen molar-refractivity contribution in [2.24, 2.45) is 11.8 Å². The first-order valence-electron chi connectivity index (χ1n) is 8.37. The van der Waals surface area contributed by atoms with Crippen LogP contribution in [0.25, 0.3) is 0 Å². The zero-order valence-corrected chi connectivity index (χ0v) is 12.8. The molecule has 6 atom stereocenters. The summed E-state index contributed by atoms with van der Waals surface area (Å²) in [6.45, 7) is 0. The molecule has 0 amide bonds. The maximum Gasteiger partial charge on any atom is 0.155 e. The van der Waals surface area contributed by atoms with Gasteiger partial charge in [0.15, 0.2) is 6.29 Å². The van der Waals surface area contributed by atoms with Crippen LogP contribution in [0.3, 0.4) is 0 Å². The van der Waals surface area contributed by atoms with Crippen molar-refractivity contribution in [3.63, 3.8) is 0 Å². The molecule has 1 aromatic carbocycles. The largest absolute Gasteiger partial charge is 0.393 e. The van der Waals surface area contributed by atoms with Crippen molar-refractivity contribution in [2.45, 2.75) is 63.1 Å². The van der Waals surface area contributed by atoms with Crippen molar-refractivity contribution in [3.05, 3.63) is 35.9 Å². The highest BCUT2D eigenvalue weighted by atomic mass is 16.6. The predicted octanol–water partition coefficient (Wildman–Crippen LogP) is 1.86. The molecule has 1 saturated heterocycles. The Bertz CT molecular complexity index is 463. The molecule has 5 unspecified atom stereocenters. The molecule has 0 aromatic heterocycles. The molecule has 3 rings (SSSR count). The highest BCUT2D eigenvalue weighted by Crippen LogP contribution is 2.44. The normalized spacial score (nSPS) is 35.5. The topological polar surface area (TPSA) is 69.9 Å². The van der Waals surface area contributed by atoms with Crippen molar-refractivity contribution in [2.75, 3.05) is 0 Å². The number of hydrogen-bond donors (Lipinski definition) is 3. The average molecular weight is 306 g/mol. The minimum Gasteiger partial charge on any atom is -0.393 e. The van der Waals surface area contributed by atoms with Crippen LogP contribution in [0.4, 0.5) is 0 Å². The van der Waals surface area contributed by atoms with Gasteiger partial charge in [0.2, 0.25) is 0 Å². The minimum atomic E-state index is -0.673. The third-order valence-electron chi connectivity index (χ3n) is 5.24. The van der Waals surface area contributed by atoms with Crippen LogP contribution in [-0.2, 0) is 11.2 Å². The van der Waals surface area contributed by atoms with Gasteiger partial charge in [-0.25, -0.2) is 0 Å². The lowest BCUT2D eigenvalue weighted by Gasteiger charge is -2.21. The first kappa shape index (κ1) is 15.9. The summed E-state index contributed by atoms with van der Waals surface area (Å²) in [6.07, 6.45) is 3.00. The molecule has 4 heteroatoms. The fourth-order valence-corrected chi connectivity index (χ4v) is 4.04. The summed E-state index contributed by atoms with van der Waals surface area (Å²) in [4.78, 5) is 0. The molecule has 1 aromatic rings. The second kappa shape index (κ2) is 7.09. The van der Waals surface area contributed by atoms with E-state index in [1.807, 2.05) is 18.2 Å². The lowest BCUT2D eigenvalue weighted by molar-refractivity contribution is -0.0951. The van der Waals surface area contributed by atoms with E-state index in [1.165, 1.54) is 5.56 Å². The molecule has 4 nitrogen and oxygen atoms in total. The second-order valence-corrected chi connectivity index (χ2v) is 6.75. The molecule has 1 aliphatic carbocycles. The fourth-order valence-electron chi connectivity index (χ4n) is 4.04. The number of hydrogen-bond acceptors (Lipinski definition) is 4. The maximum atomic E-state index is 10.2. The zero-order valence-electron chi connectivity index (χ0n) is 12.8. The summed E-state index contributed by atoms with van der Waals surface area (Å²) < 4.78 is 5.43. The van der Waals surface area contributed by atoms with Gasteiger partial charge in [0.05, 0.1) is 18.3 Å². The molecule has 22 heavy (non-hydrogen) atoms. The Kier molecular flexibility index (Phi) is 5.14. The minimum absolute atomic E-state index is 0.00328. The Morgan fingerprint density at radius 2 is 1.86 bits per heavy atom. The highest BCUT2D eigenvalue weighted by molar-refractivity contribution is 5.14. The van der Waals surface area contributed by atoms with E-state index in [0.717, 1.165) is 19.3 Å². The first-order chi connectivity index (χ1) is 10.6. The van der Waals surface area contributed by atoms with E-state index in [0.29, 0.717) is 19.3 Å². The Labute approximate surface area is 131 Å². The van der Waals surface area contributed by atoms with Gasteiger partial charge in [-0.2, -0.15) is 0 Å². The van der Waals surface area contributed by atoms with Crippen LogP contribution in [0.1, 0.15) is 37.7 Å². The number of aryl methyl sites for hydroxylation is 1. The predicted molar refractivity (Wildman–Crippen MR) is 83.1 cm³/mol. The first-order valence-corrected chi connectivity index (χ1v) is 8.37. The van der Waals surface area contributed by atoms with E-state index in [9.17, 15) is 15.3 Å². The summed E-state index contributed by atoms with van der Waals surface area (Å²) in [5.74, 6) is 0.389. The molecule has 0 radical (unpaired) electrons. The van der Waals surface area contributed by atoms with Gasteiger partial charge in [0.1, 0.15) is 0 Å². The summed E-state index contributed by atoms with van der Waals surface area (Å²) in [6, 6.07) is 10.2. The van der Waals surface area contributed by atoms with Crippen molar-refractivity contribution in [3.8, 4) is 0 Å². The molecular formula is C18H26O4.